The van der Waals surface area contributed by atoms with Crippen LogP contribution in [-0.4, -0.2) is 19.5 Å². The van der Waals surface area contributed by atoms with Gasteiger partial charge in [0.15, 0.2) is 22.9 Å². The average Bonchev–Trinajstić information content (AvgIpc) is 3.45. The maximum absolute atomic E-state index is 15.3. The van der Waals surface area contributed by atoms with Crippen LogP contribution in [0, 0.1) is 0 Å². The fourth-order valence-corrected chi connectivity index (χ4v) is 9.21. The Bertz CT molecular complexity index is 3780. The van der Waals surface area contributed by atoms with Gasteiger partial charge in [0.1, 0.15) is 0 Å². The first-order chi connectivity index (χ1) is 34.6. The van der Waals surface area contributed by atoms with E-state index in [-0.39, 0.29) is 5.43 Å². The highest BCUT2D eigenvalue weighted by atomic mass is 16.1. The molecule has 6 nitrogen and oxygen atoms in total. The van der Waals surface area contributed by atoms with Crippen LogP contribution in [0.1, 0.15) is 13.8 Å². The largest absolute Gasteiger partial charge is 0.310 e. The molecule has 2 aromatic heterocycles. The van der Waals surface area contributed by atoms with Crippen molar-refractivity contribution in [3.8, 4) is 62.1 Å². The van der Waals surface area contributed by atoms with Crippen molar-refractivity contribution < 1.29 is 0 Å². The summed E-state index contributed by atoms with van der Waals surface area (Å²) in [6.07, 6.45) is 0. The molecule has 0 spiro atoms. The molecule has 334 valence electrons. The zero-order valence-electron chi connectivity index (χ0n) is 38.8. The monoisotopic (exact) mass is 901 g/mol. The molecule has 12 rings (SSSR count). The number of pyridine rings is 1. The number of para-hydroxylation sites is 1. The van der Waals surface area contributed by atoms with Crippen LogP contribution in [0.25, 0.3) is 94.7 Å². The summed E-state index contributed by atoms with van der Waals surface area (Å²) in [5, 5.41) is 3.55. The first kappa shape index (κ1) is 43.3. The van der Waals surface area contributed by atoms with Crippen LogP contribution < -0.4 is 10.3 Å². The minimum absolute atomic E-state index is 0.0856. The number of aromatic nitrogens is 4. The summed E-state index contributed by atoms with van der Waals surface area (Å²) in [6.45, 7) is 4.00. The number of fused-ring (bicyclic) bond motifs is 3. The van der Waals surface area contributed by atoms with Gasteiger partial charge < -0.3 is 9.47 Å². The van der Waals surface area contributed by atoms with Crippen molar-refractivity contribution in [1.29, 1.82) is 0 Å². The fourth-order valence-electron chi connectivity index (χ4n) is 9.21. The molecule has 0 saturated carbocycles. The molecule has 0 bridgehead atoms. The third-order valence-electron chi connectivity index (χ3n) is 12.6. The second-order valence-electron chi connectivity index (χ2n) is 16.8. The van der Waals surface area contributed by atoms with Gasteiger partial charge in [-0.25, -0.2) is 15.0 Å². The van der Waals surface area contributed by atoms with E-state index >= 15 is 4.79 Å². The molecule has 0 radical (unpaired) electrons. The van der Waals surface area contributed by atoms with Gasteiger partial charge in [-0.15, -0.1) is 0 Å². The summed E-state index contributed by atoms with van der Waals surface area (Å²) >= 11 is 0. The molecular formula is C64H47N5O. The van der Waals surface area contributed by atoms with E-state index in [0.717, 1.165) is 67.2 Å². The number of anilines is 3. The molecule has 10 aromatic carbocycles. The Morgan fingerprint density at radius 3 is 1.30 bits per heavy atom. The Hall–Kier alpha value is -9.26. The van der Waals surface area contributed by atoms with Gasteiger partial charge in [-0.2, -0.15) is 0 Å². The standard InChI is InChI=1S/C62H41N5O.C2H6/c68-59-55-40-50(62-64-60(46-18-7-2-8-19-46)63-61(65-62)47-20-9-3-10-21-47)31-37-57(55)67(51-23-11-4-12-24-51)58-38-36-54(41-56(58)59)66(52-32-27-44(28-33-52)42-15-5-1-6-16-42)53-34-29-45(30-35-53)49-26-25-43-17-13-14-22-48(43)39-49;1-2/h1-41H;1-2H3. The second-order valence-corrected chi connectivity index (χ2v) is 16.8. The van der Waals surface area contributed by atoms with E-state index in [4.69, 9.17) is 15.0 Å². The molecular weight excluding hydrogens is 855 g/mol. The third kappa shape index (κ3) is 8.39. The smallest absolute Gasteiger partial charge is 0.197 e. The summed E-state index contributed by atoms with van der Waals surface area (Å²) in [4.78, 5) is 32.4. The lowest BCUT2D eigenvalue weighted by Crippen LogP contribution is -2.14. The summed E-state index contributed by atoms with van der Waals surface area (Å²) < 4.78 is 2.18. The van der Waals surface area contributed by atoms with E-state index in [9.17, 15) is 0 Å². The van der Waals surface area contributed by atoms with E-state index in [0.29, 0.717) is 33.8 Å². The minimum atomic E-state index is -0.0856. The van der Waals surface area contributed by atoms with Crippen LogP contribution in [0.2, 0.25) is 0 Å². The molecule has 0 amide bonds. The first-order valence-electron chi connectivity index (χ1n) is 23.7. The van der Waals surface area contributed by atoms with Crippen molar-refractivity contribution in [2.24, 2.45) is 0 Å². The number of benzene rings is 10. The molecule has 0 aliphatic carbocycles. The first-order valence-corrected chi connectivity index (χ1v) is 23.7. The summed E-state index contributed by atoms with van der Waals surface area (Å²) in [5.41, 5.74) is 12.2. The van der Waals surface area contributed by atoms with Crippen LogP contribution in [-0.2, 0) is 0 Å². The van der Waals surface area contributed by atoms with Gasteiger partial charge in [0.2, 0.25) is 0 Å². The van der Waals surface area contributed by atoms with Crippen molar-refractivity contribution >= 4 is 49.6 Å². The van der Waals surface area contributed by atoms with Crippen molar-refractivity contribution in [1.82, 2.24) is 19.5 Å². The van der Waals surface area contributed by atoms with Gasteiger partial charge in [0, 0.05) is 50.2 Å². The topological polar surface area (TPSA) is 63.9 Å². The van der Waals surface area contributed by atoms with Crippen molar-refractivity contribution in [3.63, 3.8) is 0 Å². The van der Waals surface area contributed by atoms with Crippen LogP contribution in [0.4, 0.5) is 17.1 Å². The van der Waals surface area contributed by atoms with Crippen LogP contribution >= 0.6 is 0 Å². The Morgan fingerprint density at radius 1 is 0.329 bits per heavy atom. The predicted molar refractivity (Wildman–Crippen MR) is 291 cm³/mol. The van der Waals surface area contributed by atoms with E-state index in [2.05, 4.69) is 149 Å². The van der Waals surface area contributed by atoms with E-state index in [1.165, 1.54) is 10.8 Å². The number of nitrogens with zero attached hydrogens (tertiary/aromatic N) is 5. The van der Waals surface area contributed by atoms with Crippen molar-refractivity contribution in [2.45, 2.75) is 13.8 Å². The highest BCUT2D eigenvalue weighted by Gasteiger charge is 2.20. The lowest BCUT2D eigenvalue weighted by atomic mass is 10.0. The van der Waals surface area contributed by atoms with Crippen LogP contribution in [0.15, 0.2) is 254 Å². The molecule has 0 atom stereocenters. The van der Waals surface area contributed by atoms with Crippen LogP contribution in [0.5, 0.6) is 0 Å². The molecule has 0 unspecified atom stereocenters. The number of hydrogen-bond acceptors (Lipinski definition) is 5. The highest BCUT2D eigenvalue weighted by molar-refractivity contribution is 5.99. The van der Waals surface area contributed by atoms with Gasteiger partial charge in [-0.3, -0.25) is 4.79 Å². The Morgan fingerprint density at radius 2 is 0.729 bits per heavy atom. The van der Waals surface area contributed by atoms with Gasteiger partial charge in [0.05, 0.1) is 11.0 Å². The molecule has 2 heterocycles. The molecule has 6 heteroatoms. The molecule has 0 aliphatic heterocycles. The maximum Gasteiger partial charge on any atom is 0.197 e. The van der Waals surface area contributed by atoms with E-state index in [1.807, 2.05) is 123 Å². The van der Waals surface area contributed by atoms with Gasteiger partial charge in [-0.05, 0) is 112 Å². The van der Waals surface area contributed by atoms with Crippen molar-refractivity contribution in [3.05, 3.63) is 259 Å². The molecule has 0 aliphatic rings. The van der Waals surface area contributed by atoms with E-state index in [1.54, 1.807) is 0 Å². The summed E-state index contributed by atoms with van der Waals surface area (Å²) in [7, 11) is 0. The summed E-state index contributed by atoms with van der Waals surface area (Å²) in [6, 6.07) is 85.0. The normalized spacial score (nSPS) is 11.1. The Balaban J connectivity index is 0.00000263. The number of hydrogen-bond donors (Lipinski definition) is 0. The molecule has 0 N–H and O–H groups in total. The van der Waals surface area contributed by atoms with Crippen LogP contribution in [0.3, 0.4) is 0 Å². The van der Waals surface area contributed by atoms with Gasteiger partial charge in [0.25, 0.3) is 0 Å². The Kier molecular flexibility index (Phi) is 11.9. The zero-order valence-corrected chi connectivity index (χ0v) is 38.8. The molecule has 0 fully saturated rings. The SMILES string of the molecule is CC.O=c1c2cc(-c3nc(-c4ccccc4)nc(-c4ccccc4)n3)ccc2n(-c2ccccc2)c2ccc(N(c3ccc(-c4ccccc4)cc3)c3ccc(-c4ccc5ccccc5c4)cc3)cc12. The summed E-state index contributed by atoms with van der Waals surface area (Å²) in [5.74, 6) is 1.60. The minimum Gasteiger partial charge on any atom is -0.310 e. The quantitative estimate of drug-likeness (QED) is 0.135. The maximum atomic E-state index is 15.3. The molecule has 12 aromatic rings. The Labute approximate surface area is 407 Å². The van der Waals surface area contributed by atoms with Gasteiger partial charge in [-0.1, -0.05) is 184 Å². The van der Waals surface area contributed by atoms with E-state index < -0.39 is 0 Å². The number of rotatable bonds is 9. The predicted octanol–water partition coefficient (Wildman–Crippen LogP) is 16.3. The van der Waals surface area contributed by atoms with Gasteiger partial charge >= 0.3 is 0 Å². The second kappa shape index (κ2) is 19.2. The molecule has 0 saturated heterocycles. The highest BCUT2D eigenvalue weighted by Crippen LogP contribution is 2.39. The average molecular weight is 902 g/mol. The third-order valence-corrected chi connectivity index (χ3v) is 12.6. The zero-order chi connectivity index (χ0) is 47.4. The van der Waals surface area contributed by atoms with Crippen molar-refractivity contribution in [2.75, 3.05) is 4.90 Å². The fraction of sp³-hybridized carbons (Fsp3) is 0.0312. The lowest BCUT2D eigenvalue weighted by Gasteiger charge is -2.27. The lowest BCUT2D eigenvalue weighted by molar-refractivity contribution is 1.07. The molecule has 70 heavy (non-hydrogen) atoms.